The molecule has 0 spiro atoms. The van der Waals surface area contributed by atoms with E-state index >= 15 is 0 Å². The summed E-state index contributed by atoms with van der Waals surface area (Å²) >= 11 is 0. The summed E-state index contributed by atoms with van der Waals surface area (Å²) in [6.45, 7) is 7.04. The summed E-state index contributed by atoms with van der Waals surface area (Å²) in [5.41, 5.74) is 0. The molecule has 0 aromatic heterocycles. The van der Waals surface area contributed by atoms with Crippen LogP contribution in [0.2, 0.25) is 0 Å². The van der Waals surface area contributed by atoms with Gasteiger partial charge in [-0.15, -0.1) is 0 Å². The van der Waals surface area contributed by atoms with E-state index in [4.69, 9.17) is 0 Å². The molecule has 0 N–H and O–H groups in total. The Labute approximate surface area is 60.9 Å². The number of aliphatic imine (C=N–C) groups is 3. The Balaban J connectivity index is 3.88. The molecule has 0 aliphatic rings. The van der Waals surface area contributed by atoms with E-state index in [0.29, 0.717) is 5.84 Å². The van der Waals surface area contributed by atoms with Gasteiger partial charge in [-0.25, -0.2) is 15.0 Å². The molecule has 0 saturated carbocycles. The maximum Gasteiger partial charge on any atom is 0.126 e. The molecule has 0 amide bonds. The fourth-order valence-corrected chi connectivity index (χ4v) is 0.349. The average Bonchev–Trinajstić information content (AvgIpc) is 1.89. The highest BCUT2D eigenvalue weighted by Crippen LogP contribution is 1.78. The zero-order valence-electron chi connectivity index (χ0n) is 6.28. The summed E-state index contributed by atoms with van der Waals surface area (Å²) in [6.07, 6.45) is 4.55. The third-order valence-electron chi connectivity index (χ3n) is 0.738. The topological polar surface area (TPSA) is 37.1 Å². The first-order chi connectivity index (χ1) is 4.81. The zero-order chi connectivity index (χ0) is 7.82. The summed E-state index contributed by atoms with van der Waals surface area (Å²) in [5.74, 6) is 0.653. The first-order valence-electron chi connectivity index (χ1n) is 2.97. The molecular formula is C7H11N3. The van der Waals surface area contributed by atoms with Gasteiger partial charge in [0.1, 0.15) is 12.2 Å². The third-order valence-corrected chi connectivity index (χ3v) is 0.738. The summed E-state index contributed by atoms with van der Waals surface area (Å²) in [4.78, 5) is 11.4. The molecule has 0 heterocycles. The highest BCUT2D eigenvalue weighted by atomic mass is 14.9. The van der Waals surface area contributed by atoms with E-state index in [2.05, 4.69) is 21.6 Å². The van der Waals surface area contributed by atoms with Crippen molar-refractivity contribution in [2.24, 2.45) is 15.0 Å². The third kappa shape index (κ3) is 4.90. The second-order valence-corrected chi connectivity index (χ2v) is 1.51. The molecule has 0 aromatic rings. The molecule has 3 nitrogen and oxygen atoms in total. The lowest BCUT2D eigenvalue weighted by Crippen LogP contribution is -1.82. The number of hydrogen-bond donors (Lipinski definition) is 0. The summed E-state index contributed by atoms with van der Waals surface area (Å²) in [5, 5.41) is 0. The smallest absolute Gasteiger partial charge is 0.126 e. The minimum atomic E-state index is 0.653. The highest BCUT2D eigenvalue weighted by Gasteiger charge is 1.76. The summed E-state index contributed by atoms with van der Waals surface area (Å²) in [7, 11) is 0. The molecule has 0 aliphatic carbocycles. The highest BCUT2D eigenvalue weighted by molar-refractivity contribution is 5.89. The molecule has 0 saturated heterocycles. The Hall–Kier alpha value is -1.25. The van der Waals surface area contributed by atoms with Crippen molar-refractivity contribution in [1.82, 2.24) is 0 Å². The molecule has 54 valence electrons. The molecule has 0 radical (unpaired) electrons. The van der Waals surface area contributed by atoms with Crippen molar-refractivity contribution in [3.63, 3.8) is 0 Å². The van der Waals surface area contributed by atoms with Crippen LogP contribution >= 0.6 is 0 Å². The van der Waals surface area contributed by atoms with Crippen LogP contribution in [0.5, 0.6) is 0 Å². The molecule has 0 aromatic carbocycles. The molecule has 10 heavy (non-hydrogen) atoms. The van der Waals surface area contributed by atoms with E-state index < -0.39 is 0 Å². The number of rotatable bonds is 2. The Morgan fingerprint density at radius 1 is 1.50 bits per heavy atom. The van der Waals surface area contributed by atoms with Crippen molar-refractivity contribution >= 4 is 18.4 Å². The zero-order valence-corrected chi connectivity index (χ0v) is 6.28. The number of nitrogens with zero attached hydrogens (tertiary/aromatic N) is 3. The van der Waals surface area contributed by atoms with Gasteiger partial charge in [-0.1, -0.05) is 6.58 Å². The fourth-order valence-electron chi connectivity index (χ4n) is 0.349. The first-order valence-corrected chi connectivity index (χ1v) is 2.97. The lowest BCUT2D eigenvalue weighted by atomic mass is 10.7. The monoisotopic (exact) mass is 137 g/mol. The predicted molar refractivity (Wildman–Crippen MR) is 46.0 cm³/mol. The second kappa shape index (κ2) is 5.88. The van der Waals surface area contributed by atoms with Gasteiger partial charge < -0.3 is 0 Å². The van der Waals surface area contributed by atoms with Gasteiger partial charge in [-0.3, -0.25) is 0 Å². The van der Waals surface area contributed by atoms with Crippen LogP contribution in [0, 0.1) is 0 Å². The molecule has 3 heteroatoms. The van der Waals surface area contributed by atoms with Crippen LogP contribution in [0.25, 0.3) is 0 Å². The van der Waals surface area contributed by atoms with Crippen LogP contribution in [0.1, 0.15) is 13.8 Å². The van der Waals surface area contributed by atoms with Crippen LogP contribution in [0.15, 0.2) is 27.8 Å². The van der Waals surface area contributed by atoms with Gasteiger partial charge in [0.25, 0.3) is 0 Å². The maximum atomic E-state index is 3.86. The van der Waals surface area contributed by atoms with Crippen LogP contribution < -0.4 is 0 Å². The number of hydrogen-bond acceptors (Lipinski definition) is 1. The lowest BCUT2D eigenvalue weighted by molar-refractivity contribution is 1.47. The van der Waals surface area contributed by atoms with Crippen LogP contribution in [0.4, 0.5) is 0 Å². The molecule has 0 bridgehead atoms. The molecule has 0 atom stereocenters. The van der Waals surface area contributed by atoms with Crippen LogP contribution in [-0.4, -0.2) is 18.4 Å². The molecule has 0 fully saturated rings. The van der Waals surface area contributed by atoms with E-state index in [1.54, 1.807) is 13.1 Å². The van der Waals surface area contributed by atoms with Gasteiger partial charge in [0.05, 0.1) is 0 Å². The van der Waals surface area contributed by atoms with Crippen LogP contribution in [0.3, 0.4) is 0 Å². The Morgan fingerprint density at radius 3 is 2.70 bits per heavy atom. The second-order valence-electron chi connectivity index (χ2n) is 1.51. The number of amidine groups is 1. The minimum Gasteiger partial charge on any atom is -0.249 e. The quantitative estimate of drug-likeness (QED) is 0.410. The van der Waals surface area contributed by atoms with E-state index in [9.17, 15) is 0 Å². The Bertz CT molecular complexity index is 177. The van der Waals surface area contributed by atoms with E-state index in [1.807, 2.05) is 6.92 Å². The van der Waals surface area contributed by atoms with Crippen molar-refractivity contribution in [3.05, 3.63) is 12.8 Å². The van der Waals surface area contributed by atoms with Gasteiger partial charge in [-0.2, -0.15) is 0 Å². The normalized spacial score (nSPS) is 13.2. The van der Waals surface area contributed by atoms with Crippen molar-refractivity contribution < 1.29 is 0 Å². The van der Waals surface area contributed by atoms with Crippen LogP contribution in [-0.2, 0) is 0 Å². The molecule has 0 unspecified atom stereocenters. The maximum absolute atomic E-state index is 3.86. The Kier molecular flexibility index (Phi) is 5.14. The fraction of sp³-hybridized carbons (Fsp3) is 0.286. The molecule has 0 rings (SSSR count). The lowest BCUT2D eigenvalue weighted by Gasteiger charge is -1.82. The van der Waals surface area contributed by atoms with Crippen molar-refractivity contribution in [1.29, 1.82) is 0 Å². The first kappa shape index (κ1) is 8.75. The van der Waals surface area contributed by atoms with E-state index in [-0.39, 0.29) is 0 Å². The molecular weight excluding hydrogens is 126 g/mol. The largest absolute Gasteiger partial charge is 0.249 e. The van der Waals surface area contributed by atoms with Crippen molar-refractivity contribution in [3.8, 4) is 0 Å². The SMILES string of the molecule is C=CN=C(C)N=CN=CC. The van der Waals surface area contributed by atoms with Gasteiger partial charge in [0.2, 0.25) is 0 Å². The van der Waals surface area contributed by atoms with Gasteiger partial charge in [0.15, 0.2) is 0 Å². The Morgan fingerprint density at radius 2 is 2.20 bits per heavy atom. The van der Waals surface area contributed by atoms with Crippen molar-refractivity contribution in [2.75, 3.05) is 0 Å². The molecule has 0 aliphatic heterocycles. The van der Waals surface area contributed by atoms with E-state index in [0.717, 1.165) is 0 Å². The van der Waals surface area contributed by atoms with E-state index in [1.165, 1.54) is 12.5 Å². The van der Waals surface area contributed by atoms with Gasteiger partial charge in [0, 0.05) is 12.4 Å². The summed E-state index contributed by atoms with van der Waals surface area (Å²) in [6, 6.07) is 0. The van der Waals surface area contributed by atoms with Gasteiger partial charge in [-0.05, 0) is 13.8 Å². The van der Waals surface area contributed by atoms with Gasteiger partial charge >= 0.3 is 0 Å². The average molecular weight is 137 g/mol. The minimum absolute atomic E-state index is 0.653. The predicted octanol–water partition coefficient (Wildman–Crippen LogP) is 1.67. The standard InChI is InChI=1S/C7H11N3/c1-4-8-6-10-7(3)9-5-2/h4-6H,2H2,1,3H3. The summed E-state index contributed by atoms with van der Waals surface area (Å²) < 4.78 is 0. The van der Waals surface area contributed by atoms with Crippen molar-refractivity contribution in [2.45, 2.75) is 13.8 Å².